The van der Waals surface area contributed by atoms with Gasteiger partial charge in [0.2, 0.25) is 15.9 Å². The standard InChI is InChI=1S/C22H33N3O4S/c1-4-25(5-2)30(28,29)19-11-10-17(3)20(16-19)22(27)24-14-12-23(13-15-24)21(26)18-8-6-7-9-18/h10-11,16,18H,4-9,12-15H2,1-3H3. The molecule has 3 rings (SSSR count). The highest BCUT2D eigenvalue weighted by molar-refractivity contribution is 7.89. The van der Waals surface area contributed by atoms with Crippen LogP contribution in [0.25, 0.3) is 0 Å². The van der Waals surface area contributed by atoms with Gasteiger partial charge in [0.15, 0.2) is 0 Å². The number of piperazine rings is 1. The summed E-state index contributed by atoms with van der Waals surface area (Å²) in [6, 6.07) is 4.77. The third-order valence-corrected chi connectivity index (χ3v) is 8.41. The van der Waals surface area contributed by atoms with E-state index in [4.69, 9.17) is 0 Å². The first-order valence-electron chi connectivity index (χ1n) is 11.0. The van der Waals surface area contributed by atoms with Crippen molar-refractivity contribution < 1.29 is 18.0 Å². The Morgan fingerprint density at radius 3 is 2.13 bits per heavy atom. The summed E-state index contributed by atoms with van der Waals surface area (Å²) in [5.74, 6) is 0.205. The second-order valence-corrected chi connectivity index (χ2v) is 10.1. The zero-order chi connectivity index (χ0) is 21.9. The quantitative estimate of drug-likeness (QED) is 0.688. The first-order chi connectivity index (χ1) is 14.3. The fraction of sp³-hybridized carbons (Fsp3) is 0.636. The fourth-order valence-electron chi connectivity index (χ4n) is 4.44. The zero-order valence-corrected chi connectivity index (χ0v) is 19.1. The van der Waals surface area contributed by atoms with Crippen molar-refractivity contribution in [1.29, 1.82) is 0 Å². The van der Waals surface area contributed by atoms with Crippen molar-refractivity contribution in [2.45, 2.75) is 51.3 Å². The molecule has 1 aliphatic heterocycles. The van der Waals surface area contributed by atoms with Crippen molar-refractivity contribution in [2.75, 3.05) is 39.3 Å². The first-order valence-corrected chi connectivity index (χ1v) is 12.4. The van der Waals surface area contributed by atoms with Crippen LogP contribution in [-0.4, -0.2) is 73.6 Å². The zero-order valence-electron chi connectivity index (χ0n) is 18.3. The summed E-state index contributed by atoms with van der Waals surface area (Å²) >= 11 is 0. The average molecular weight is 436 g/mol. The highest BCUT2D eigenvalue weighted by Crippen LogP contribution is 2.27. The monoisotopic (exact) mass is 435 g/mol. The second kappa shape index (κ2) is 9.47. The van der Waals surface area contributed by atoms with Crippen molar-refractivity contribution in [2.24, 2.45) is 5.92 Å². The molecule has 0 aromatic heterocycles. The number of sulfonamides is 1. The van der Waals surface area contributed by atoms with Gasteiger partial charge < -0.3 is 9.80 Å². The lowest BCUT2D eigenvalue weighted by molar-refractivity contribution is -0.136. The molecule has 1 aromatic carbocycles. The van der Waals surface area contributed by atoms with Crippen LogP contribution < -0.4 is 0 Å². The first kappa shape index (κ1) is 22.7. The molecule has 1 saturated carbocycles. The summed E-state index contributed by atoms with van der Waals surface area (Å²) in [6.45, 7) is 8.21. The van der Waals surface area contributed by atoms with E-state index in [1.807, 2.05) is 11.8 Å². The molecular weight excluding hydrogens is 402 g/mol. The van der Waals surface area contributed by atoms with Gasteiger partial charge in [-0.1, -0.05) is 32.8 Å². The van der Waals surface area contributed by atoms with E-state index in [9.17, 15) is 18.0 Å². The van der Waals surface area contributed by atoms with Crippen molar-refractivity contribution in [3.8, 4) is 0 Å². The summed E-state index contributed by atoms with van der Waals surface area (Å²) < 4.78 is 27.1. The van der Waals surface area contributed by atoms with Gasteiger partial charge in [0.25, 0.3) is 5.91 Å². The van der Waals surface area contributed by atoms with Crippen LogP contribution in [0.2, 0.25) is 0 Å². The molecule has 166 valence electrons. The van der Waals surface area contributed by atoms with Crippen LogP contribution in [0.3, 0.4) is 0 Å². The molecule has 8 heteroatoms. The number of hydrogen-bond donors (Lipinski definition) is 0. The number of carbonyl (C=O) groups is 2. The summed E-state index contributed by atoms with van der Waals surface area (Å²) in [6.07, 6.45) is 4.21. The Balaban J connectivity index is 1.72. The largest absolute Gasteiger partial charge is 0.339 e. The van der Waals surface area contributed by atoms with Crippen LogP contribution in [0.4, 0.5) is 0 Å². The molecule has 0 unspecified atom stereocenters. The lowest BCUT2D eigenvalue weighted by Crippen LogP contribution is -2.51. The molecule has 2 aliphatic rings. The van der Waals surface area contributed by atoms with Gasteiger partial charge in [0.05, 0.1) is 4.90 Å². The van der Waals surface area contributed by atoms with Crippen LogP contribution in [0.15, 0.2) is 23.1 Å². The van der Waals surface area contributed by atoms with Gasteiger partial charge in [-0.2, -0.15) is 4.31 Å². The maximum Gasteiger partial charge on any atom is 0.254 e. The van der Waals surface area contributed by atoms with E-state index in [1.165, 1.54) is 10.4 Å². The highest BCUT2D eigenvalue weighted by atomic mass is 32.2. The van der Waals surface area contributed by atoms with Gasteiger partial charge in [-0.15, -0.1) is 0 Å². The van der Waals surface area contributed by atoms with E-state index in [0.717, 1.165) is 31.2 Å². The topological polar surface area (TPSA) is 78.0 Å². The maximum absolute atomic E-state index is 13.2. The Labute approximate surface area is 180 Å². The molecule has 7 nitrogen and oxygen atoms in total. The molecule has 0 bridgehead atoms. The molecule has 1 aliphatic carbocycles. The minimum atomic E-state index is -3.62. The van der Waals surface area contributed by atoms with E-state index >= 15 is 0 Å². The predicted molar refractivity (Wildman–Crippen MR) is 116 cm³/mol. The molecular formula is C22H33N3O4S. The SMILES string of the molecule is CCN(CC)S(=O)(=O)c1ccc(C)c(C(=O)N2CCN(C(=O)C3CCCC3)CC2)c1. The van der Waals surface area contributed by atoms with Crippen LogP contribution in [0, 0.1) is 12.8 Å². The van der Waals surface area contributed by atoms with Crippen molar-refractivity contribution >= 4 is 21.8 Å². The smallest absolute Gasteiger partial charge is 0.254 e. The minimum Gasteiger partial charge on any atom is -0.339 e. The Hall–Kier alpha value is -1.93. The Kier molecular flexibility index (Phi) is 7.18. The Morgan fingerprint density at radius 1 is 1.00 bits per heavy atom. The predicted octanol–water partition coefficient (Wildman–Crippen LogP) is 2.50. The Bertz CT molecular complexity index is 882. The van der Waals surface area contributed by atoms with Gasteiger partial charge in [0, 0.05) is 50.7 Å². The molecule has 30 heavy (non-hydrogen) atoms. The summed E-state index contributed by atoms with van der Waals surface area (Å²) in [5.41, 5.74) is 1.17. The van der Waals surface area contributed by atoms with Crippen molar-refractivity contribution in [3.63, 3.8) is 0 Å². The van der Waals surface area contributed by atoms with E-state index in [2.05, 4.69) is 0 Å². The lowest BCUT2D eigenvalue weighted by Gasteiger charge is -2.36. The van der Waals surface area contributed by atoms with Crippen LogP contribution in [0.5, 0.6) is 0 Å². The molecule has 2 fully saturated rings. The molecule has 2 amide bonds. The van der Waals surface area contributed by atoms with Crippen molar-refractivity contribution in [1.82, 2.24) is 14.1 Å². The van der Waals surface area contributed by atoms with Gasteiger partial charge in [-0.25, -0.2) is 8.42 Å². The summed E-state index contributed by atoms with van der Waals surface area (Å²) in [5, 5.41) is 0. The van der Waals surface area contributed by atoms with Gasteiger partial charge in [-0.05, 0) is 37.5 Å². The summed E-state index contributed by atoms with van der Waals surface area (Å²) in [7, 11) is -3.62. The number of carbonyl (C=O) groups excluding carboxylic acids is 2. The number of benzene rings is 1. The molecule has 0 spiro atoms. The molecule has 0 N–H and O–H groups in total. The van der Waals surface area contributed by atoms with E-state index in [-0.39, 0.29) is 22.6 Å². The van der Waals surface area contributed by atoms with Gasteiger partial charge in [0.1, 0.15) is 0 Å². The highest BCUT2D eigenvalue weighted by Gasteiger charge is 2.31. The number of amides is 2. The molecule has 1 saturated heterocycles. The van der Waals surface area contributed by atoms with E-state index in [1.54, 1.807) is 30.9 Å². The lowest BCUT2D eigenvalue weighted by atomic mass is 10.1. The van der Waals surface area contributed by atoms with Crippen LogP contribution in [-0.2, 0) is 14.8 Å². The van der Waals surface area contributed by atoms with Gasteiger partial charge >= 0.3 is 0 Å². The van der Waals surface area contributed by atoms with E-state index in [0.29, 0.717) is 44.8 Å². The second-order valence-electron chi connectivity index (χ2n) is 8.16. The minimum absolute atomic E-state index is 0.148. The number of nitrogens with zero attached hydrogens (tertiary/aromatic N) is 3. The molecule has 1 heterocycles. The molecule has 1 aromatic rings. The third-order valence-electron chi connectivity index (χ3n) is 6.37. The Morgan fingerprint density at radius 2 is 1.57 bits per heavy atom. The van der Waals surface area contributed by atoms with E-state index < -0.39 is 10.0 Å². The third kappa shape index (κ3) is 4.54. The van der Waals surface area contributed by atoms with Crippen LogP contribution >= 0.6 is 0 Å². The summed E-state index contributed by atoms with van der Waals surface area (Å²) in [4.78, 5) is 29.5. The average Bonchev–Trinajstić information content (AvgIpc) is 3.28. The number of aryl methyl sites for hydroxylation is 1. The molecule has 0 radical (unpaired) electrons. The fourth-order valence-corrected chi connectivity index (χ4v) is 5.92. The normalized spacial score (nSPS) is 18.3. The van der Waals surface area contributed by atoms with Gasteiger partial charge in [-0.3, -0.25) is 9.59 Å². The maximum atomic E-state index is 13.2. The number of hydrogen-bond acceptors (Lipinski definition) is 4. The van der Waals surface area contributed by atoms with Crippen LogP contribution in [0.1, 0.15) is 55.5 Å². The van der Waals surface area contributed by atoms with Crippen molar-refractivity contribution in [3.05, 3.63) is 29.3 Å². The molecule has 0 atom stereocenters. The number of rotatable bonds is 6.